The van der Waals surface area contributed by atoms with E-state index in [9.17, 15) is 8.42 Å². The SMILES string of the molecule is CCCS(=O)(=O)Nc1ccc(-c2nc(CC(C)NC)no2)cc1. The van der Waals surface area contributed by atoms with Crippen molar-refractivity contribution in [2.75, 3.05) is 17.5 Å². The summed E-state index contributed by atoms with van der Waals surface area (Å²) in [6, 6.07) is 7.13. The first-order chi connectivity index (χ1) is 10.9. The summed E-state index contributed by atoms with van der Waals surface area (Å²) in [5.74, 6) is 1.16. The molecule has 0 bridgehead atoms. The summed E-state index contributed by atoms with van der Waals surface area (Å²) in [4.78, 5) is 4.35. The minimum Gasteiger partial charge on any atom is -0.334 e. The highest BCUT2D eigenvalue weighted by atomic mass is 32.2. The molecule has 0 aliphatic carbocycles. The third-order valence-electron chi connectivity index (χ3n) is 3.33. The number of hydrogen-bond acceptors (Lipinski definition) is 6. The molecule has 0 spiro atoms. The van der Waals surface area contributed by atoms with Crippen LogP contribution in [0.4, 0.5) is 5.69 Å². The number of benzene rings is 1. The van der Waals surface area contributed by atoms with E-state index in [1.807, 2.05) is 20.9 Å². The number of hydrogen-bond donors (Lipinski definition) is 2. The highest BCUT2D eigenvalue weighted by Crippen LogP contribution is 2.20. The van der Waals surface area contributed by atoms with Gasteiger partial charge in [0.25, 0.3) is 5.89 Å². The average Bonchev–Trinajstić information content (AvgIpc) is 2.95. The molecule has 7 nitrogen and oxygen atoms in total. The molecule has 1 aromatic carbocycles. The molecular weight excluding hydrogens is 316 g/mol. The van der Waals surface area contributed by atoms with Gasteiger partial charge in [0.1, 0.15) is 0 Å². The minimum atomic E-state index is -3.28. The first-order valence-corrected chi connectivity index (χ1v) is 9.19. The van der Waals surface area contributed by atoms with E-state index in [0.29, 0.717) is 30.2 Å². The van der Waals surface area contributed by atoms with Crippen molar-refractivity contribution in [3.63, 3.8) is 0 Å². The van der Waals surface area contributed by atoms with Crippen LogP contribution in [0.5, 0.6) is 0 Å². The van der Waals surface area contributed by atoms with Gasteiger partial charge in [0.15, 0.2) is 5.82 Å². The lowest BCUT2D eigenvalue weighted by molar-refractivity contribution is 0.418. The van der Waals surface area contributed by atoms with E-state index in [1.54, 1.807) is 24.3 Å². The number of nitrogens with zero attached hydrogens (tertiary/aromatic N) is 2. The van der Waals surface area contributed by atoms with Crippen LogP contribution in [0.3, 0.4) is 0 Å². The second-order valence-electron chi connectivity index (χ2n) is 5.41. The zero-order valence-electron chi connectivity index (χ0n) is 13.5. The number of aromatic nitrogens is 2. The van der Waals surface area contributed by atoms with E-state index in [-0.39, 0.29) is 11.8 Å². The van der Waals surface area contributed by atoms with Crippen molar-refractivity contribution >= 4 is 15.7 Å². The molecule has 126 valence electrons. The molecule has 0 radical (unpaired) electrons. The predicted molar refractivity (Wildman–Crippen MR) is 89.7 cm³/mol. The number of likely N-dealkylation sites (N-methyl/N-ethyl adjacent to an activating group) is 1. The molecule has 1 unspecified atom stereocenters. The second-order valence-corrected chi connectivity index (χ2v) is 7.25. The van der Waals surface area contributed by atoms with E-state index in [1.165, 1.54) is 0 Å². The summed E-state index contributed by atoms with van der Waals surface area (Å²) in [5.41, 5.74) is 1.27. The zero-order valence-corrected chi connectivity index (χ0v) is 14.4. The van der Waals surface area contributed by atoms with Crippen molar-refractivity contribution in [3.8, 4) is 11.5 Å². The Labute approximate surface area is 136 Å². The quantitative estimate of drug-likeness (QED) is 0.764. The number of anilines is 1. The Morgan fingerprint density at radius 2 is 1.96 bits per heavy atom. The zero-order chi connectivity index (χ0) is 16.9. The van der Waals surface area contributed by atoms with Crippen LogP contribution in [0.1, 0.15) is 26.1 Å². The Bertz CT molecular complexity index is 725. The Hall–Kier alpha value is -1.93. The molecule has 8 heteroatoms. The standard InChI is InChI=1S/C15H22N4O3S/c1-4-9-23(20,21)19-13-7-5-12(6-8-13)15-17-14(18-22-15)10-11(2)16-3/h5-8,11,16,19H,4,9-10H2,1-3H3. The van der Waals surface area contributed by atoms with Crippen LogP contribution in [0.25, 0.3) is 11.5 Å². The van der Waals surface area contributed by atoms with Gasteiger partial charge in [0.2, 0.25) is 10.0 Å². The highest BCUT2D eigenvalue weighted by molar-refractivity contribution is 7.92. The molecule has 0 saturated carbocycles. The summed E-state index contributed by atoms with van der Waals surface area (Å²) in [6.07, 6.45) is 1.25. The average molecular weight is 338 g/mol. The summed E-state index contributed by atoms with van der Waals surface area (Å²) in [7, 11) is -1.40. The topological polar surface area (TPSA) is 97.1 Å². The van der Waals surface area contributed by atoms with Crippen molar-refractivity contribution in [1.82, 2.24) is 15.5 Å². The van der Waals surface area contributed by atoms with Crippen LogP contribution in [0.15, 0.2) is 28.8 Å². The van der Waals surface area contributed by atoms with Gasteiger partial charge < -0.3 is 9.84 Å². The molecule has 1 aromatic heterocycles. The van der Waals surface area contributed by atoms with Crippen LogP contribution < -0.4 is 10.0 Å². The monoisotopic (exact) mass is 338 g/mol. The molecule has 0 fully saturated rings. The largest absolute Gasteiger partial charge is 0.334 e. The van der Waals surface area contributed by atoms with Crippen LogP contribution in [-0.2, 0) is 16.4 Å². The van der Waals surface area contributed by atoms with Gasteiger partial charge in [-0.2, -0.15) is 4.98 Å². The fraction of sp³-hybridized carbons (Fsp3) is 0.467. The summed E-state index contributed by atoms with van der Waals surface area (Å²) >= 11 is 0. The van der Waals surface area contributed by atoms with Crippen LogP contribution in [0.2, 0.25) is 0 Å². The molecule has 23 heavy (non-hydrogen) atoms. The van der Waals surface area contributed by atoms with E-state index in [4.69, 9.17) is 4.52 Å². The lowest BCUT2D eigenvalue weighted by Crippen LogP contribution is -2.24. The number of nitrogens with one attached hydrogen (secondary N) is 2. The number of sulfonamides is 1. The third kappa shape index (κ3) is 5.04. The van der Waals surface area contributed by atoms with Crippen LogP contribution >= 0.6 is 0 Å². The Morgan fingerprint density at radius 1 is 1.26 bits per heavy atom. The van der Waals surface area contributed by atoms with Gasteiger partial charge in [0.05, 0.1) is 5.75 Å². The fourth-order valence-corrected chi connectivity index (χ4v) is 3.14. The molecule has 2 rings (SSSR count). The van der Waals surface area contributed by atoms with Gasteiger partial charge in [0, 0.05) is 23.7 Å². The van der Waals surface area contributed by atoms with Gasteiger partial charge in [-0.1, -0.05) is 12.1 Å². The van der Waals surface area contributed by atoms with E-state index < -0.39 is 10.0 Å². The van der Waals surface area contributed by atoms with Gasteiger partial charge in [-0.3, -0.25) is 4.72 Å². The summed E-state index contributed by atoms with van der Waals surface area (Å²) in [6.45, 7) is 3.86. The van der Waals surface area contributed by atoms with Crippen molar-refractivity contribution in [2.24, 2.45) is 0 Å². The second kappa shape index (κ2) is 7.56. The maximum Gasteiger partial charge on any atom is 0.257 e. The van der Waals surface area contributed by atoms with E-state index in [0.717, 1.165) is 5.56 Å². The van der Waals surface area contributed by atoms with Gasteiger partial charge >= 0.3 is 0 Å². The van der Waals surface area contributed by atoms with Crippen molar-refractivity contribution in [2.45, 2.75) is 32.7 Å². The maximum absolute atomic E-state index is 11.7. The van der Waals surface area contributed by atoms with Crippen molar-refractivity contribution in [1.29, 1.82) is 0 Å². The Balaban J connectivity index is 2.08. The van der Waals surface area contributed by atoms with Gasteiger partial charge in [-0.05, 0) is 44.7 Å². The molecular formula is C15H22N4O3S. The molecule has 1 heterocycles. The first-order valence-electron chi connectivity index (χ1n) is 7.54. The normalized spacial score (nSPS) is 13.0. The molecule has 2 N–H and O–H groups in total. The third-order valence-corrected chi connectivity index (χ3v) is 4.82. The Morgan fingerprint density at radius 3 is 2.57 bits per heavy atom. The van der Waals surface area contributed by atoms with Crippen molar-refractivity contribution in [3.05, 3.63) is 30.1 Å². The number of rotatable bonds is 8. The van der Waals surface area contributed by atoms with E-state index in [2.05, 4.69) is 20.2 Å². The molecule has 0 saturated heterocycles. The Kier molecular flexibility index (Phi) is 5.73. The molecule has 1 atom stereocenters. The maximum atomic E-state index is 11.7. The lowest BCUT2D eigenvalue weighted by atomic mass is 10.2. The summed E-state index contributed by atoms with van der Waals surface area (Å²) < 4.78 is 31.2. The lowest BCUT2D eigenvalue weighted by Gasteiger charge is -2.06. The molecule has 0 aliphatic rings. The minimum absolute atomic E-state index is 0.103. The first kappa shape index (κ1) is 17.4. The molecule has 0 amide bonds. The van der Waals surface area contributed by atoms with E-state index >= 15 is 0 Å². The van der Waals surface area contributed by atoms with Gasteiger partial charge in [-0.15, -0.1) is 0 Å². The fourth-order valence-electron chi connectivity index (χ4n) is 2.01. The van der Waals surface area contributed by atoms with Crippen LogP contribution in [-0.4, -0.2) is 37.4 Å². The van der Waals surface area contributed by atoms with Crippen molar-refractivity contribution < 1.29 is 12.9 Å². The summed E-state index contributed by atoms with van der Waals surface area (Å²) in [5, 5.41) is 7.06. The predicted octanol–water partition coefficient (Wildman–Crippen LogP) is 2.04. The molecule has 0 aliphatic heterocycles. The smallest absolute Gasteiger partial charge is 0.257 e. The molecule has 2 aromatic rings. The highest BCUT2D eigenvalue weighted by Gasteiger charge is 2.12. The van der Waals surface area contributed by atoms with Gasteiger partial charge in [-0.25, -0.2) is 8.42 Å². The van der Waals surface area contributed by atoms with Crippen LogP contribution in [0, 0.1) is 0 Å².